The van der Waals surface area contributed by atoms with Gasteiger partial charge in [-0.25, -0.2) is 19.6 Å². The molecule has 1 N–H and O–H groups in total. The Hall–Kier alpha value is -3.29. The van der Waals surface area contributed by atoms with Crippen LogP contribution in [-0.2, 0) is 11.2 Å². The van der Waals surface area contributed by atoms with E-state index in [1.54, 1.807) is 6.07 Å². The zero-order chi connectivity index (χ0) is 16.8. The Morgan fingerprint density at radius 2 is 2.04 bits per heavy atom. The highest BCUT2D eigenvalue weighted by atomic mass is 16.5. The minimum absolute atomic E-state index is 0.164. The van der Waals surface area contributed by atoms with Crippen LogP contribution in [0.25, 0.3) is 5.82 Å². The van der Waals surface area contributed by atoms with Crippen molar-refractivity contribution in [2.45, 2.75) is 13.3 Å². The predicted molar refractivity (Wildman–Crippen MR) is 86.9 cm³/mol. The van der Waals surface area contributed by atoms with Gasteiger partial charge < -0.3 is 10.1 Å². The Bertz CT molecular complexity index is 802. The summed E-state index contributed by atoms with van der Waals surface area (Å²) >= 11 is 0. The number of benzene rings is 1. The molecule has 8 nitrogen and oxygen atoms in total. The van der Waals surface area contributed by atoms with E-state index in [1.165, 1.54) is 23.7 Å². The van der Waals surface area contributed by atoms with Crippen molar-refractivity contribution < 1.29 is 9.53 Å². The second-order valence-corrected chi connectivity index (χ2v) is 4.90. The van der Waals surface area contributed by atoms with Crippen molar-refractivity contribution in [1.82, 2.24) is 24.7 Å². The lowest BCUT2D eigenvalue weighted by atomic mass is 10.1. The molecular weight excluding hydrogens is 308 g/mol. The molecule has 24 heavy (non-hydrogen) atoms. The number of ether oxygens (including phenoxy) is 1. The third kappa shape index (κ3) is 3.92. The third-order valence-electron chi connectivity index (χ3n) is 3.17. The van der Waals surface area contributed by atoms with Gasteiger partial charge in [0, 0.05) is 6.07 Å². The first-order valence-corrected chi connectivity index (χ1v) is 7.43. The summed E-state index contributed by atoms with van der Waals surface area (Å²) in [4.78, 5) is 24.1. The summed E-state index contributed by atoms with van der Waals surface area (Å²) in [6.45, 7) is 2.54. The smallest absolute Gasteiger partial charge is 0.229 e. The van der Waals surface area contributed by atoms with Crippen LogP contribution >= 0.6 is 0 Å². The van der Waals surface area contributed by atoms with Crippen molar-refractivity contribution in [3.8, 4) is 11.6 Å². The standard InChI is InChI=1S/C16H16N6O2/c1-2-24-13-5-3-12(4-6-13)7-16(23)21-14-8-15(19-10-18-14)22-11-17-9-20-22/h3-6,8-11H,2,7H2,1H3,(H,18,19,21,23). The molecule has 2 heterocycles. The fourth-order valence-corrected chi connectivity index (χ4v) is 2.11. The van der Waals surface area contributed by atoms with Gasteiger partial charge in [-0.1, -0.05) is 12.1 Å². The van der Waals surface area contributed by atoms with Crippen LogP contribution in [0, 0.1) is 0 Å². The fourth-order valence-electron chi connectivity index (χ4n) is 2.11. The van der Waals surface area contributed by atoms with E-state index >= 15 is 0 Å². The first kappa shape index (κ1) is 15.6. The van der Waals surface area contributed by atoms with Crippen molar-refractivity contribution >= 4 is 11.7 Å². The number of hydrogen-bond donors (Lipinski definition) is 1. The van der Waals surface area contributed by atoms with Crippen LogP contribution < -0.4 is 10.1 Å². The van der Waals surface area contributed by atoms with Gasteiger partial charge in [0.2, 0.25) is 5.91 Å². The van der Waals surface area contributed by atoms with E-state index in [0.29, 0.717) is 18.2 Å². The maximum atomic E-state index is 12.2. The Morgan fingerprint density at radius 3 is 2.75 bits per heavy atom. The number of nitrogens with zero attached hydrogens (tertiary/aromatic N) is 5. The number of aromatic nitrogens is 5. The van der Waals surface area contributed by atoms with Crippen LogP contribution in [0.4, 0.5) is 5.82 Å². The Morgan fingerprint density at radius 1 is 1.21 bits per heavy atom. The highest BCUT2D eigenvalue weighted by molar-refractivity contribution is 5.91. The summed E-state index contributed by atoms with van der Waals surface area (Å²) in [6.07, 6.45) is 4.54. The van der Waals surface area contributed by atoms with Crippen LogP contribution in [0.3, 0.4) is 0 Å². The SMILES string of the molecule is CCOc1ccc(CC(=O)Nc2cc(-n3cncn3)ncn2)cc1. The Balaban J connectivity index is 1.63. The quantitative estimate of drug-likeness (QED) is 0.740. The van der Waals surface area contributed by atoms with Crippen molar-refractivity contribution in [2.24, 2.45) is 0 Å². The molecule has 3 aromatic rings. The van der Waals surface area contributed by atoms with Gasteiger partial charge in [0.15, 0.2) is 5.82 Å². The molecule has 0 saturated heterocycles. The number of rotatable bonds is 6. The normalized spacial score (nSPS) is 10.4. The number of nitrogens with one attached hydrogen (secondary N) is 1. The highest BCUT2D eigenvalue weighted by Gasteiger charge is 2.07. The molecule has 0 fully saturated rings. The number of amides is 1. The number of carbonyl (C=O) groups excluding carboxylic acids is 1. The van der Waals surface area contributed by atoms with Gasteiger partial charge in [0.1, 0.15) is 30.5 Å². The van der Waals surface area contributed by atoms with E-state index in [0.717, 1.165) is 11.3 Å². The van der Waals surface area contributed by atoms with Crippen LogP contribution in [0.5, 0.6) is 5.75 Å². The summed E-state index contributed by atoms with van der Waals surface area (Å²) in [6, 6.07) is 9.06. The molecule has 3 rings (SSSR count). The van der Waals surface area contributed by atoms with Crippen LogP contribution in [0.15, 0.2) is 49.3 Å². The summed E-state index contributed by atoms with van der Waals surface area (Å²) in [5.74, 6) is 1.56. The van der Waals surface area contributed by atoms with Gasteiger partial charge in [-0.2, -0.15) is 5.10 Å². The Labute approximate surface area is 138 Å². The zero-order valence-electron chi connectivity index (χ0n) is 13.1. The first-order valence-electron chi connectivity index (χ1n) is 7.43. The summed E-state index contributed by atoms with van der Waals surface area (Å²) in [5.41, 5.74) is 0.890. The summed E-state index contributed by atoms with van der Waals surface area (Å²) in [5, 5.41) is 6.74. The lowest BCUT2D eigenvalue weighted by Crippen LogP contribution is -2.16. The van der Waals surface area contributed by atoms with E-state index in [-0.39, 0.29) is 12.3 Å². The van der Waals surface area contributed by atoms with E-state index in [2.05, 4.69) is 25.4 Å². The van der Waals surface area contributed by atoms with Gasteiger partial charge >= 0.3 is 0 Å². The summed E-state index contributed by atoms with van der Waals surface area (Å²) < 4.78 is 6.87. The largest absolute Gasteiger partial charge is 0.494 e. The topological polar surface area (TPSA) is 94.8 Å². The molecule has 8 heteroatoms. The first-order chi connectivity index (χ1) is 11.7. The van der Waals surface area contributed by atoms with E-state index < -0.39 is 0 Å². The molecule has 2 aromatic heterocycles. The molecule has 1 aromatic carbocycles. The minimum atomic E-state index is -0.164. The van der Waals surface area contributed by atoms with Gasteiger partial charge in [0.05, 0.1) is 13.0 Å². The molecule has 0 aliphatic heterocycles. The lowest BCUT2D eigenvalue weighted by molar-refractivity contribution is -0.115. The van der Waals surface area contributed by atoms with Crippen molar-refractivity contribution in [2.75, 3.05) is 11.9 Å². The Kier molecular flexibility index (Phi) is 4.76. The van der Waals surface area contributed by atoms with Gasteiger partial charge in [0.25, 0.3) is 0 Å². The average Bonchev–Trinajstić information content (AvgIpc) is 3.12. The second-order valence-electron chi connectivity index (χ2n) is 4.90. The third-order valence-corrected chi connectivity index (χ3v) is 3.17. The second kappa shape index (κ2) is 7.32. The van der Waals surface area contributed by atoms with E-state index in [9.17, 15) is 4.79 Å². The number of anilines is 1. The average molecular weight is 324 g/mol. The molecule has 0 aliphatic carbocycles. The minimum Gasteiger partial charge on any atom is -0.494 e. The van der Waals surface area contributed by atoms with Gasteiger partial charge in [-0.05, 0) is 24.6 Å². The summed E-state index contributed by atoms with van der Waals surface area (Å²) in [7, 11) is 0. The molecular formula is C16H16N6O2. The molecule has 0 unspecified atom stereocenters. The number of hydrogen-bond acceptors (Lipinski definition) is 6. The monoisotopic (exact) mass is 324 g/mol. The van der Waals surface area contributed by atoms with Crippen LogP contribution in [0.2, 0.25) is 0 Å². The molecule has 1 amide bonds. The number of carbonyl (C=O) groups is 1. The van der Waals surface area contributed by atoms with Crippen molar-refractivity contribution in [3.63, 3.8) is 0 Å². The molecule has 122 valence electrons. The van der Waals surface area contributed by atoms with Crippen LogP contribution in [0.1, 0.15) is 12.5 Å². The molecule has 0 aliphatic rings. The molecule has 0 bridgehead atoms. The predicted octanol–water partition coefficient (Wildman–Crippen LogP) is 1.64. The molecule has 0 saturated carbocycles. The molecule has 0 radical (unpaired) electrons. The highest BCUT2D eigenvalue weighted by Crippen LogP contribution is 2.13. The fraction of sp³-hybridized carbons (Fsp3) is 0.188. The van der Waals surface area contributed by atoms with Crippen molar-refractivity contribution in [1.29, 1.82) is 0 Å². The lowest BCUT2D eigenvalue weighted by Gasteiger charge is -2.07. The maximum absolute atomic E-state index is 12.2. The van der Waals surface area contributed by atoms with Crippen molar-refractivity contribution in [3.05, 3.63) is 54.9 Å². The molecule has 0 spiro atoms. The van der Waals surface area contributed by atoms with E-state index in [4.69, 9.17) is 4.74 Å². The van der Waals surface area contributed by atoms with E-state index in [1.807, 2.05) is 31.2 Å². The maximum Gasteiger partial charge on any atom is 0.229 e. The molecule has 0 atom stereocenters. The zero-order valence-corrected chi connectivity index (χ0v) is 13.1. The van der Waals surface area contributed by atoms with Crippen LogP contribution in [-0.4, -0.2) is 37.2 Å². The van der Waals surface area contributed by atoms with Gasteiger partial charge in [-0.15, -0.1) is 0 Å². The van der Waals surface area contributed by atoms with Gasteiger partial charge in [-0.3, -0.25) is 4.79 Å².